The summed E-state index contributed by atoms with van der Waals surface area (Å²) in [6.07, 6.45) is 6.87. The number of nitrogens with one attached hydrogen (secondary N) is 1. The van der Waals surface area contributed by atoms with Crippen LogP contribution in [0.5, 0.6) is 0 Å². The molecule has 2 aliphatic rings. The third-order valence-electron chi connectivity index (χ3n) is 4.69. The Kier molecular flexibility index (Phi) is 6.90. The number of nitrogens with zero attached hydrogens (tertiary/aromatic N) is 2. The predicted octanol–water partition coefficient (Wildman–Crippen LogP) is 2.38. The molecule has 2 fully saturated rings. The van der Waals surface area contributed by atoms with Crippen LogP contribution in [0.15, 0.2) is 0 Å². The molecule has 2 aliphatic heterocycles. The van der Waals surface area contributed by atoms with Gasteiger partial charge in [-0.3, -0.25) is 9.69 Å². The highest BCUT2D eigenvalue weighted by Crippen LogP contribution is 2.20. The summed E-state index contributed by atoms with van der Waals surface area (Å²) in [7, 11) is 0. The number of amides is 2. The first-order chi connectivity index (χ1) is 11.3. The van der Waals surface area contributed by atoms with Crippen molar-refractivity contribution in [1.82, 2.24) is 15.1 Å². The van der Waals surface area contributed by atoms with Crippen LogP contribution < -0.4 is 5.32 Å². The summed E-state index contributed by atoms with van der Waals surface area (Å²) in [5.74, 6) is -0.0135. The van der Waals surface area contributed by atoms with Gasteiger partial charge in [0.1, 0.15) is 12.1 Å². The fourth-order valence-corrected chi connectivity index (χ4v) is 3.51. The van der Waals surface area contributed by atoms with Gasteiger partial charge in [-0.15, -0.1) is 0 Å². The Balaban J connectivity index is 1.78. The van der Waals surface area contributed by atoms with Crippen LogP contribution in [0, 0.1) is 0 Å². The number of carbonyl (C=O) groups is 2. The number of hydrogen-bond acceptors (Lipinski definition) is 4. The lowest BCUT2D eigenvalue weighted by molar-refractivity contribution is -0.132. The van der Waals surface area contributed by atoms with Crippen LogP contribution in [0.25, 0.3) is 0 Å². The van der Waals surface area contributed by atoms with Crippen LogP contribution in [-0.4, -0.2) is 66.2 Å². The van der Waals surface area contributed by atoms with Gasteiger partial charge in [0.05, 0.1) is 0 Å². The van der Waals surface area contributed by atoms with Crippen molar-refractivity contribution < 1.29 is 14.3 Å². The molecule has 1 unspecified atom stereocenters. The summed E-state index contributed by atoms with van der Waals surface area (Å²) >= 11 is 0. The van der Waals surface area contributed by atoms with Crippen molar-refractivity contribution in [1.29, 1.82) is 0 Å². The van der Waals surface area contributed by atoms with Crippen molar-refractivity contribution in [2.24, 2.45) is 0 Å². The highest BCUT2D eigenvalue weighted by atomic mass is 16.6. The van der Waals surface area contributed by atoms with E-state index in [-0.39, 0.29) is 12.5 Å². The Bertz CT molecular complexity index is 426. The van der Waals surface area contributed by atoms with Gasteiger partial charge in [-0.2, -0.15) is 0 Å². The van der Waals surface area contributed by atoms with E-state index in [9.17, 15) is 9.59 Å². The standard InChI is InChI=1S/C18H33N3O3/c1-18(2,3)24-17(23)19-13-16(22)21-12-8-9-15(14-21)20-10-6-4-5-7-11-20/h15H,4-14H2,1-3H3,(H,19,23). The molecule has 0 bridgehead atoms. The minimum atomic E-state index is -0.546. The van der Waals surface area contributed by atoms with Crippen LogP contribution in [0.4, 0.5) is 4.79 Å². The molecule has 2 heterocycles. The van der Waals surface area contributed by atoms with E-state index in [0.717, 1.165) is 32.6 Å². The van der Waals surface area contributed by atoms with E-state index in [1.807, 2.05) is 25.7 Å². The Morgan fingerprint density at radius 1 is 1.04 bits per heavy atom. The van der Waals surface area contributed by atoms with Crippen LogP contribution >= 0.6 is 0 Å². The number of piperidine rings is 1. The molecule has 0 spiro atoms. The zero-order valence-electron chi connectivity index (χ0n) is 15.5. The van der Waals surface area contributed by atoms with Crippen molar-refractivity contribution in [2.45, 2.75) is 70.9 Å². The third kappa shape index (κ3) is 6.30. The summed E-state index contributed by atoms with van der Waals surface area (Å²) in [6, 6.07) is 0.474. The van der Waals surface area contributed by atoms with Crippen molar-refractivity contribution in [3.63, 3.8) is 0 Å². The van der Waals surface area contributed by atoms with Gasteiger partial charge >= 0.3 is 6.09 Å². The van der Waals surface area contributed by atoms with Gasteiger partial charge in [-0.25, -0.2) is 4.79 Å². The van der Waals surface area contributed by atoms with E-state index in [0.29, 0.717) is 6.04 Å². The maximum absolute atomic E-state index is 12.4. The number of rotatable bonds is 3. The molecule has 6 nitrogen and oxygen atoms in total. The molecule has 138 valence electrons. The van der Waals surface area contributed by atoms with Gasteiger partial charge < -0.3 is 15.0 Å². The quantitative estimate of drug-likeness (QED) is 0.857. The molecular formula is C18H33N3O3. The van der Waals surface area contributed by atoms with E-state index in [2.05, 4.69) is 10.2 Å². The molecule has 0 aromatic carbocycles. The minimum Gasteiger partial charge on any atom is -0.444 e. The second-order valence-electron chi connectivity index (χ2n) is 7.94. The topological polar surface area (TPSA) is 61.9 Å². The zero-order valence-corrected chi connectivity index (χ0v) is 15.5. The molecule has 2 rings (SSSR count). The second kappa shape index (κ2) is 8.70. The molecule has 6 heteroatoms. The summed E-state index contributed by atoms with van der Waals surface area (Å²) in [4.78, 5) is 28.5. The molecule has 0 radical (unpaired) electrons. The van der Waals surface area contributed by atoms with Gasteiger partial charge in [0.15, 0.2) is 0 Å². The highest BCUT2D eigenvalue weighted by Gasteiger charge is 2.28. The molecule has 24 heavy (non-hydrogen) atoms. The lowest BCUT2D eigenvalue weighted by Gasteiger charge is -2.39. The number of ether oxygens (including phenoxy) is 1. The molecule has 2 saturated heterocycles. The molecule has 1 atom stereocenters. The monoisotopic (exact) mass is 339 g/mol. The van der Waals surface area contributed by atoms with Gasteiger partial charge in [0, 0.05) is 19.1 Å². The maximum Gasteiger partial charge on any atom is 0.408 e. The van der Waals surface area contributed by atoms with Crippen molar-refractivity contribution in [3.8, 4) is 0 Å². The third-order valence-corrected chi connectivity index (χ3v) is 4.69. The second-order valence-corrected chi connectivity index (χ2v) is 7.94. The minimum absolute atomic E-state index is 0.0135. The number of alkyl carbamates (subject to hydrolysis) is 1. The van der Waals surface area contributed by atoms with E-state index in [1.54, 1.807) is 0 Å². The van der Waals surface area contributed by atoms with Gasteiger partial charge in [-0.1, -0.05) is 12.8 Å². The van der Waals surface area contributed by atoms with Crippen LogP contribution in [-0.2, 0) is 9.53 Å². The van der Waals surface area contributed by atoms with E-state index in [1.165, 1.54) is 32.1 Å². The fourth-order valence-electron chi connectivity index (χ4n) is 3.51. The Morgan fingerprint density at radius 3 is 2.33 bits per heavy atom. The molecule has 0 saturated carbocycles. The Labute approximate surface area is 145 Å². The first kappa shape index (κ1) is 19.0. The first-order valence-corrected chi connectivity index (χ1v) is 9.34. The number of carbonyl (C=O) groups excluding carboxylic acids is 2. The average molecular weight is 339 g/mol. The predicted molar refractivity (Wildman–Crippen MR) is 93.9 cm³/mol. The van der Waals surface area contributed by atoms with Crippen LogP contribution in [0.1, 0.15) is 59.3 Å². The largest absolute Gasteiger partial charge is 0.444 e. The Morgan fingerprint density at radius 2 is 1.71 bits per heavy atom. The lowest BCUT2D eigenvalue weighted by atomic mass is 10.0. The zero-order chi connectivity index (χ0) is 17.6. The van der Waals surface area contributed by atoms with Gasteiger partial charge in [0.25, 0.3) is 0 Å². The summed E-state index contributed by atoms with van der Waals surface area (Å²) in [5.41, 5.74) is -0.546. The molecular weight excluding hydrogens is 306 g/mol. The smallest absolute Gasteiger partial charge is 0.408 e. The van der Waals surface area contributed by atoms with Gasteiger partial charge in [0.2, 0.25) is 5.91 Å². The SMILES string of the molecule is CC(C)(C)OC(=O)NCC(=O)N1CCCC(N2CCCCCC2)C1. The van der Waals surface area contributed by atoms with Crippen molar-refractivity contribution in [2.75, 3.05) is 32.7 Å². The average Bonchev–Trinajstić information content (AvgIpc) is 2.80. The first-order valence-electron chi connectivity index (χ1n) is 9.34. The van der Waals surface area contributed by atoms with Crippen LogP contribution in [0.3, 0.4) is 0 Å². The van der Waals surface area contributed by atoms with E-state index >= 15 is 0 Å². The molecule has 2 amide bonds. The molecule has 1 N–H and O–H groups in total. The number of likely N-dealkylation sites (tertiary alicyclic amines) is 2. The fraction of sp³-hybridized carbons (Fsp3) is 0.889. The summed E-state index contributed by atoms with van der Waals surface area (Å²) in [6.45, 7) is 9.34. The Hall–Kier alpha value is -1.30. The van der Waals surface area contributed by atoms with E-state index in [4.69, 9.17) is 4.74 Å². The number of hydrogen-bond donors (Lipinski definition) is 1. The van der Waals surface area contributed by atoms with Crippen molar-refractivity contribution >= 4 is 12.0 Å². The lowest BCUT2D eigenvalue weighted by Crippen LogP contribution is -2.52. The molecule has 0 aliphatic carbocycles. The summed E-state index contributed by atoms with van der Waals surface area (Å²) in [5, 5.41) is 2.57. The molecule has 0 aromatic rings. The molecule has 0 aromatic heterocycles. The summed E-state index contributed by atoms with van der Waals surface area (Å²) < 4.78 is 5.18. The van der Waals surface area contributed by atoms with E-state index < -0.39 is 11.7 Å². The van der Waals surface area contributed by atoms with Crippen LogP contribution in [0.2, 0.25) is 0 Å². The van der Waals surface area contributed by atoms with Gasteiger partial charge in [-0.05, 0) is 59.5 Å². The maximum atomic E-state index is 12.4. The van der Waals surface area contributed by atoms with Crippen molar-refractivity contribution in [3.05, 3.63) is 0 Å². The highest BCUT2D eigenvalue weighted by molar-refractivity contribution is 5.82. The normalized spacial score (nSPS) is 23.5.